The molecule has 3 aliphatic rings. The van der Waals surface area contributed by atoms with Crippen molar-refractivity contribution in [3.63, 3.8) is 0 Å². The third-order valence-electron chi connectivity index (χ3n) is 8.43. The number of aryl methyl sites for hydroxylation is 1. The number of unbranched alkanes of at least 4 members (excludes halogenated alkanes) is 1. The van der Waals surface area contributed by atoms with Gasteiger partial charge in [0.1, 0.15) is 5.75 Å². The van der Waals surface area contributed by atoms with Gasteiger partial charge in [-0.25, -0.2) is 0 Å². The maximum Gasteiger partial charge on any atom is 0.224 e. The lowest BCUT2D eigenvalue weighted by atomic mass is 9.64. The molecule has 1 aliphatic carbocycles. The molecular weight excluding hydrogens is 480 g/mol. The summed E-state index contributed by atoms with van der Waals surface area (Å²) in [5, 5.41) is 3.79. The summed E-state index contributed by atoms with van der Waals surface area (Å²) in [5.41, 5.74) is 3.83. The Labute approximate surface area is 228 Å². The lowest BCUT2D eigenvalue weighted by Gasteiger charge is -2.48. The summed E-state index contributed by atoms with van der Waals surface area (Å²) in [6, 6.07) is 14.6. The van der Waals surface area contributed by atoms with Crippen molar-refractivity contribution in [2.45, 2.75) is 70.6 Å². The quantitative estimate of drug-likeness (QED) is 0.362. The highest BCUT2D eigenvalue weighted by Gasteiger charge is 2.41. The van der Waals surface area contributed by atoms with Crippen LogP contribution in [0.25, 0.3) is 0 Å². The lowest BCUT2D eigenvalue weighted by molar-refractivity contribution is -0.116. The molecule has 2 aliphatic heterocycles. The van der Waals surface area contributed by atoms with E-state index in [0.717, 1.165) is 55.5 Å². The van der Waals surface area contributed by atoms with Crippen LogP contribution in [-0.4, -0.2) is 37.0 Å². The number of allylic oxidation sites excluding steroid dienone is 1. The van der Waals surface area contributed by atoms with Gasteiger partial charge in [-0.3, -0.25) is 4.79 Å². The average Bonchev–Trinajstić information content (AvgIpc) is 2.87. The number of anilines is 1. The van der Waals surface area contributed by atoms with E-state index in [4.69, 9.17) is 16.3 Å². The third-order valence-corrected chi connectivity index (χ3v) is 8.68. The Morgan fingerprint density at radius 3 is 2.62 bits per heavy atom. The van der Waals surface area contributed by atoms with Crippen molar-refractivity contribution in [1.82, 2.24) is 4.90 Å². The first kappa shape index (κ1) is 27.7. The maximum atomic E-state index is 11.7. The number of carbonyl (C=O) groups is 1. The van der Waals surface area contributed by atoms with E-state index < -0.39 is 0 Å². The number of ether oxygens (including phenoxy) is 1. The van der Waals surface area contributed by atoms with Gasteiger partial charge in [0.05, 0.1) is 6.61 Å². The SMILES string of the molecule is C=CCCC.CC1CCN(CC2(c3ccc(Cl)cc3)CCC2)CC1COc1ccc2c(c1)NC(=O)CC2. The largest absolute Gasteiger partial charge is 0.493 e. The molecule has 2 fully saturated rings. The van der Waals surface area contributed by atoms with Gasteiger partial charge in [0, 0.05) is 47.6 Å². The van der Waals surface area contributed by atoms with Gasteiger partial charge in [-0.2, -0.15) is 0 Å². The molecule has 5 rings (SSSR count). The molecule has 2 atom stereocenters. The normalized spacial score (nSPS) is 22.5. The zero-order chi connectivity index (χ0) is 26.3. The first-order chi connectivity index (χ1) is 17.9. The molecule has 1 saturated heterocycles. The van der Waals surface area contributed by atoms with Crippen molar-refractivity contribution in [2.75, 3.05) is 31.6 Å². The number of halogens is 1. The molecule has 2 heterocycles. The van der Waals surface area contributed by atoms with Gasteiger partial charge >= 0.3 is 0 Å². The van der Waals surface area contributed by atoms with Crippen molar-refractivity contribution in [3.05, 3.63) is 71.3 Å². The van der Waals surface area contributed by atoms with Gasteiger partial charge in [0.2, 0.25) is 5.91 Å². The molecule has 1 N–H and O–H groups in total. The van der Waals surface area contributed by atoms with Crippen LogP contribution in [0.1, 0.15) is 69.9 Å². The molecule has 2 unspecified atom stereocenters. The van der Waals surface area contributed by atoms with E-state index >= 15 is 0 Å². The van der Waals surface area contributed by atoms with Crippen LogP contribution < -0.4 is 10.1 Å². The van der Waals surface area contributed by atoms with Crippen molar-refractivity contribution >= 4 is 23.2 Å². The summed E-state index contributed by atoms with van der Waals surface area (Å²) in [6.45, 7) is 12.1. The minimum absolute atomic E-state index is 0.0943. The van der Waals surface area contributed by atoms with E-state index in [2.05, 4.69) is 48.8 Å². The standard InChI is InChI=1S/C27H33ClN2O2.C5H10/c1-19-11-14-30(18-27(12-2-13-27)22-5-7-23(28)8-6-22)16-21(19)17-32-24-9-3-20-4-10-26(31)29-25(20)15-24;1-3-5-4-2/h3,5-9,15,19,21H,2,4,10-14,16-18H2,1H3,(H,29,31);3H,1,4-5H2,2H3. The molecule has 2 aromatic rings. The maximum absolute atomic E-state index is 11.7. The number of likely N-dealkylation sites (tertiary alicyclic amines) is 1. The Balaban J connectivity index is 0.000000586. The Hall–Kier alpha value is -2.30. The van der Waals surface area contributed by atoms with E-state index in [1.807, 2.05) is 30.3 Å². The van der Waals surface area contributed by atoms with Crippen molar-refractivity contribution in [1.29, 1.82) is 0 Å². The number of hydrogen-bond donors (Lipinski definition) is 1. The highest BCUT2D eigenvalue weighted by atomic mass is 35.5. The highest BCUT2D eigenvalue weighted by Crippen LogP contribution is 2.45. The summed E-state index contributed by atoms with van der Waals surface area (Å²) in [5.74, 6) is 2.11. The van der Waals surface area contributed by atoms with Gasteiger partial charge in [-0.1, -0.05) is 62.6 Å². The second-order valence-corrected chi connectivity index (χ2v) is 11.6. The molecule has 0 aromatic heterocycles. The number of nitrogens with zero attached hydrogens (tertiary/aromatic N) is 1. The van der Waals surface area contributed by atoms with Crippen LogP contribution >= 0.6 is 11.6 Å². The highest BCUT2D eigenvalue weighted by molar-refractivity contribution is 6.30. The summed E-state index contributed by atoms with van der Waals surface area (Å²) in [6.07, 6.45) is 10.7. The molecule has 2 aromatic carbocycles. The topological polar surface area (TPSA) is 41.6 Å². The molecule has 5 heteroatoms. The Bertz CT molecular complexity index is 1050. The Kier molecular flexibility index (Phi) is 9.72. The van der Waals surface area contributed by atoms with Crippen molar-refractivity contribution in [3.8, 4) is 5.75 Å². The molecule has 0 spiro atoms. The number of hydrogen-bond acceptors (Lipinski definition) is 3. The van der Waals surface area contributed by atoms with E-state index in [0.29, 0.717) is 18.3 Å². The predicted molar refractivity (Wildman–Crippen MR) is 155 cm³/mol. The number of amides is 1. The molecule has 1 amide bonds. The van der Waals surface area contributed by atoms with Gasteiger partial charge in [-0.05, 0) is 73.9 Å². The molecule has 0 bridgehead atoms. The number of carbonyl (C=O) groups excluding carboxylic acids is 1. The zero-order valence-electron chi connectivity index (χ0n) is 22.6. The van der Waals surface area contributed by atoms with Gasteiger partial charge in [-0.15, -0.1) is 6.58 Å². The van der Waals surface area contributed by atoms with E-state index in [9.17, 15) is 4.79 Å². The van der Waals surface area contributed by atoms with Crippen LogP contribution in [0, 0.1) is 11.8 Å². The number of benzene rings is 2. The molecule has 0 radical (unpaired) electrons. The van der Waals surface area contributed by atoms with Gasteiger partial charge in [0.15, 0.2) is 0 Å². The van der Waals surface area contributed by atoms with E-state index in [1.54, 1.807) is 0 Å². The first-order valence-corrected chi connectivity index (χ1v) is 14.4. The molecule has 200 valence electrons. The fourth-order valence-corrected chi connectivity index (χ4v) is 5.93. The Morgan fingerprint density at radius 1 is 1.19 bits per heavy atom. The minimum Gasteiger partial charge on any atom is -0.493 e. The third kappa shape index (κ3) is 7.18. The van der Waals surface area contributed by atoms with E-state index in [1.165, 1.54) is 43.2 Å². The van der Waals surface area contributed by atoms with Crippen LogP contribution in [0.5, 0.6) is 5.75 Å². The van der Waals surface area contributed by atoms with Crippen LogP contribution in [0.2, 0.25) is 5.02 Å². The number of rotatable bonds is 8. The second kappa shape index (κ2) is 13.0. The van der Waals surface area contributed by atoms with Crippen LogP contribution in [0.3, 0.4) is 0 Å². The average molecular weight is 523 g/mol. The second-order valence-electron chi connectivity index (χ2n) is 11.2. The molecule has 4 nitrogen and oxygen atoms in total. The van der Waals surface area contributed by atoms with Crippen LogP contribution in [0.15, 0.2) is 55.1 Å². The first-order valence-electron chi connectivity index (χ1n) is 14.1. The summed E-state index contributed by atoms with van der Waals surface area (Å²) >= 11 is 6.14. The summed E-state index contributed by atoms with van der Waals surface area (Å²) < 4.78 is 6.24. The smallest absolute Gasteiger partial charge is 0.224 e. The fraction of sp³-hybridized carbons (Fsp3) is 0.531. The number of piperidine rings is 1. The molecular formula is C32H43ClN2O2. The zero-order valence-corrected chi connectivity index (χ0v) is 23.4. The molecule has 1 saturated carbocycles. The number of nitrogens with one attached hydrogen (secondary N) is 1. The van der Waals surface area contributed by atoms with Crippen LogP contribution in [0.4, 0.5) is 5.69 Å². The fourth-order valence-electron chi connectivity index (χ4n) is 5.81. The van der Waals surface area contributed by atoms with E-state index in [-0.39, 0.29) is 11.3 Å². The minimum atomic E-state index is 0.0943. The summed E-state index contributed by atoms with van der Waals surface area (Å²) in [4.78, 5) is 14.4. The predicted octanol–water partition coefficient (Wildman–Crippen LogP) is 7.66. The van der Waals surface area contributed by atoms with Gasteiger partial charge < -0.3 is 15.0 Å². The number of fused-ring (bicyclic) bond motifs is 1. The van der Waals surface area contributed by atoms with Crippen molar-refractivity contribution in [2.24, 2.45) is 11.8 Å². The summed E-state index contributed by atoms with van der Waals surface area (Å²) in [7, 11) is 0. The molecule has 37 heavy (non-hydrogen) atoms. The Morgan fingerprint density at radius 2 is 1.97 bits per heavy atom. The van der Waals surface area contributed by atoms with Crippen LogP contribution in [-0.2, 0) is 16.6 Å². The van der Waals surface area contributed by atoms with Crippen molar-refractivity contribution < 1.29 is 9.53 Å². The lowest BCUT2D eigenvalue weighted by Crippen LogP contribution is -2.50. The van der Waals surface area contributed by atoms with Gasteiger partial charge in [0.25, 0.3) is 0 Å². The monoisotopic (exact) mass is 522 g/mol.